The molecular weight excluding hydrogens is 296 g/mol. The zero-order valence-corrected chi connectivity index (χ0v) is 13.0. The third kappa shape index (κ3) is 3.34. The Morgan fingerprint density at radius 3 is 3.17 bits per heavy atom. The molecule has 2 N–H and O–H groups in total. The van der Waals surface area contributed by atoms with Gasteiger partial charge in [-0.3, -0.25) is 14.3 Å². The Morgan fingerprint density at radius 1 is 1.57 bits per heavy atom. The first-order valence-corrected chi connectivity index (χ1v) is 7.79. The van der Waals surface area contributed by atoms with E-state index in [4.69, 9.17) is 4.74 Å². The van der Waals surface area contributed by atoms with Crippen LogP contribution in [-0.4, -0.2) is 33.8 Å². The summed E-state index contributed by atoms with van der Waals surface area (Å²) in [5, 5.41) is 7.11. The van der Waals surface area contributed by atoms with E-state index in [0.29, 0.717) is 13.2 Å². The molecule has 0 radical (unpaired) electrons. The molecule has 2 atom stereocenters. The molecule has 0 unspecified atom stereocenters. The van der Waals surface area contributed by atoms with Crippen LogP contribution in [-0.2, 0) is 11.3 Å². The minimum Gasteiger partial charge on any atom is -0.373 e. The fourth-order valence-electron chi connectivity index (χ4n) is 2.83. The maximum Gasteiger partial charge on any atom is 0.260 e. The molecule has 1 aliphatic heterocycles. The number of rotatable bonds is 5. The quantitative estimate of drug-likeness (QED) is 0.864. The molecule has 1 fully saturated rings. The van der Waals surface area contributed by atoms with Crippen molar-refractivity contribution in [1.29, 1.82) is 0 Å². The van der Waals surface area contributed by atoms with Gasteiger partial charge in [-0.15, -0.1) is 0 Å². The average Bonchev–Trinajstić information content (AvgIpc) is 3.21. The van der Waals surface area contributed by atoms with Crippen molar-refractivity contribution in [3.05, 3.63) is 52.2 Å². The summed E-state index contributed by atoms with van der Waals surface area (Å²) in [7, 11) is 0. The first-order valence-electron chi connectivity index (χ1n) is 7.79. The first kappa shape index (κ1) is 15.5. The molecule has 23 heavy (non-hydrogen) atoms. The van der Waals surface area contributed by atoms with E-state index in [0.717, 1.165) is 18.5 Å². The second-order valence-corrected chi connectivity index (χ2v) is 5.59. The summed E-state index contributed by atoms with van der Waals surface area (Å²) in [5.74, 6) is -0.182. The molecule has 3 rings (SSSR count). The van der Waals surface area contributed by atoms with Crippen LogP contribution in [0.25, 0.3) is 0 Å². The number of hydrogen-bond acceptors (Lipinski definition) is 4. The van der Waals surface area contributed by atoms with Gasteiger partial charge in [-0.2, -0.15) is 5.10 Å². The van der Waals surface area contributed by atoms with Crippen molar-refractivity contribution in [2.45, 2.75) is 26.0 Å². The molecule has 1 aliphatic rings. The summed E-state index contributed by atoms with van der Waals surface area (Å²) in [6.45, 7) is 3.97. The van der Waals surface area contributed by atoms with Crippen molar-refractivity contribution in [1.82, 2.24) is 20.1 Å². The van der Waals surface area contributed by atoms with Crippen LogP contribution in [0, 0.1) is 5.92 Å². The maximum atomic E-state index is 12.1. The van der Waals surface area contributed by atoms with Crippen molar-refractivity contribution < 1.29 is 9.53 Å². The Balaban J connectivity index is 1.64. The van der Waals surface area contributed by atoms with E-state index in [-0.39, 0.29) is 29.1 Å². The first-order chi connectivity index (χ1) is 11.2. The molecule has 1 saturated heterocycles. The number of ether oxygens (including phenoxy) is 1. The van der Waals surface area contributed by atoms with Crippen molar-refractivity contribution in [3.8, 4) is 0 Å². The van der Waals surface area contributed by atoms with E-state index in [9.17, 15) is 9.59 Å². The highest BCUT2D eigenvalue weighted by Gasteiger charge is 2.31. The van der Waals surface area contributed by atoms with Gasteiger partial charge >= 0.3 is 0 Å². The number of aromatic nitrogens is 3. The Morgan fingerprint density at radius 2 is 2.43 bits per heavy atom. The van der Waals surface area contributed by atoms with Crippen molar-refractivity contribution >= 4 is 5.91 Å². The summed E-state index contributed by atoms with van der Waals surface area (Å²) in [6.07, 6.45) is 6.10. The SMILES string of the molecule is CCn1cc([C@@H]2OCC[C@H]2CNC(=O)c2ccc[nH]c2=O)cn1. The Kier molecular flexibility index (Phi) is 4.57. The number of hydrogen-bond donors (Lipinski definition) is 2. The number of carbonyl (C=O) groups excluding carboxylic acids is 1. The molecule has 122 valence electrons. The van der Waals surface area contributed by atoms with Crippen LogP contribution in [0.15, 0.2) is 35.5 Å². The summed E-state index contributed by atoms with van der Waals surface area (Å²) in [6, 6.07) is 3.15. The predicted molar refractivity (Wildman–Crippen MR) is 84.1 cm³/mol. The largest absolute Gasteiger partial charge is 0.373 e. The van der Waals surface area contributed by atoms with E-state index in [1.165, 1.54) is 12.3 Å². The van der Waals surface area contributed by atoms with Gasteiger partial charge < -0.3 is 15.0 Å². The number of H-pyrrole nitrogens is 1. The Bertz CT molecular complexity index is 737. The van der Waals surface area contributed by atoms with E-state index in [1.807, 2.05) is 24.0 Å². The monoisotopic (exact) mass is 316 g/mol. The molecule has 1 amide bonds. The van der Waals surface area contributed by atoms with Crippen LogP contribution in [0.3, 0.4) is 0 Å². The molecule has 7 nitrogen and oxygen atoms in total. The highest BCUT2D eigenvalue weighted by molar-refractivity contribution is 5.93. The van der Waals surface area contributed by atoms with E-state index in [2.05, 4.69) is 15.4 Å². The zero-order chi connectivity index (χ0) is 16.2. The van der Waals surface area contributed by atoms with Crippen molar-refractivity contribution in [2.24, 2.45) is 5.92 Å². The highest BCUT2D eigenvalue weighted by atomic mass is 16.5. The zero-order valence-electron chi connectivity index (χ0n) is 13.0. The van der Waals surface area contributed by atoms with Gasteiger partial charge in [-0.25, -0.2) is 0 Å². The van der Waals surface area contributed by atoms with Gasteiger partial charge in [0.1, 0.15) is 5.56 Å². The number of carbonyl (C=O) groups is 1. The molecule has 7 heteroatoms. The number of aryl methyl sites for hydroxylation is 1. The van der Waals surface area contributed by atoms with Gasteiger partial charge in [0, 0.05) is 43.6 Å². The lowest BCUT2D eigenvalue weighted by Gasteiger charge is -2.17. The molecule has 0 saturated carbocycles. The van der Waals surface area contributed by atoms with Gasteiger partial charge in [-0.05, 0) is 25.5 Å². The second-order valence-electron chi connectivity index (χ2n) is 5.59. The van der Waals surface area contributed by atoms with Crippen molar-refractivity contribution in [2.75, 3.05) is 13.2 Å². The molecule has 3 heterocycles. The standard InChI is InChI=1S/C16H20N4O3/c1-2-20-10-12(9-19-20)14-11(5-7-23-14)8-18-16(22)13-4-3-6-17-15(13)21/h3-4,6,9-11,14H,2,5,7-8H2,1H3,(H,17,21)(H,18,22)/t11-,14+/m0/s1. The maximum absolute atomic E-state index is 12.1. The van der Waals surface area contributed by atoms with Gasteiger partial charge in [-0.1, -0.05) is 0 Å². The van der Waals surface area contributed by atoms with Crippen LogP contribution >= 0.6 is 0 Å². The lowest BCUT2D eigenvalue weighted by Crippen LogP contribution is -2.33. The smallest absolute Gasteiger partial charge is 0.260 e. The minimum atomic E-state index is -0.381. The van der Waals surface area contributed by atoms with Gasteiger partial charge in [0.05, 0.1) is 12.3 Å². The van der Waals surface area contributed by atoms with Crippen LogP contribution in [0.1, 0.15) is 35.4 Å². The Labute approximate surface area is 133 Å². The lowest BCUT2D eigenvalue weighted by molar-refractivity contribution is 0.0845. The molecule has 2 aromatic heterocycles. The van der Waals surface area contributed by atoms with E-state index < -0.39 is 0 Å². The van der Waals surface area contributed by atoms with E-state index in [1.54, 1.807) is 6.07 Å². The van der Waals surface area contributed by atoms with Gasteiger partial charge in [0.25, 0.3) is 11.5 Å². The number of pyridine rings is 1. The number of nitrogens with one attached hydrogen (secondary N) is 2. The van der Waals surface area contributed by atoms with Gasteiger partial charge in [0.15, 0.2) is 0 Å². The molecular formula is C16H20N4O3. The summed E-state index contributed by atoms with van der Waals surface area (Å²) in [4.78, 5) is 26.3. The topological polar surface area (TPSA) is 89.0 Å². The van der Waals surface area contributed by atoms with E-state index >= 15 is 0 Å². The number of nitrogens with zero attached hydrogens (tertiary/aromatic N) is 2. The molecule has 0 aromatic carbocycles. The second kappa shape index (κ2) is 6.78. The van der Waals surface area contributed by atoms with Crippen LogP contribution < -0.4 is 10.9 Å². The highest BCUT2D eigenvalue weighted by Crippen LogP contribution is 2.33. The third-order valence-corrected chi connectivity index (χ3v) is 4.11. The van der Waals surface area contributed by atoms with Gasteiger partial charge in [0.2, 0.25) is 0 Å². The summed E-state index contributed by atoms with van der Waals surface area (Å²) < 4.78 is 7.66. The van der Waals surface area contributed by atoms with Crippen molar-refractivity contribution in [3.63, 3.8) is 0 Å². The molecule has 2 aromatic rings. The molecule has 0 bridgehead atoms. The fourth-order valence-corrected chi connectivity index (χ4v) is 2.83. The molecule has 0 aliphatic carbocycles. The minimum absolute atomic E-state index is 0.0651. The number of amides is 1. The van der Waals surface area contributed by atoms with Crippen LogP contribution in [0.4, 0.5) is 0 Å². The number of aromatic amines is 1. The van der Waals surface area contributed by atoms with Crippen LogP contribution in [0.2, 0.25) is 0 Å². The summed E-state index contributed by atoms with van der Waals surface area (Å²) >= 11 is 0. The average molecular weight is 316 g/mol. The predicted octanol–water partition coefficient (Wildman–Crippen LogP) is 1.10. The summed E-state index contributed by atoms with van der Waals surface area (Å²) in [5.41, 5.74) is 0.774. The Hall–Kier alpha value is -2.41. The fraction of sp³-hybridized carbons (Fsp3) is 0.438. The molecule has 0 spiro atoms. The third-order valence-electron chi connectivity index (χ3n) is 4.11. The lowest BCUT2D eigenvalue weighted by atomic mass is 9.97. The normalized spacial score (nSPS) is 20.6. The van der Waals surface area contributed by atoms with Crippen LogP contribution in [0.5, 0.6) is 0 Å².